The summed E-state index contributed by atoms with van der Waals surface area (Å²) in [4.78, 5) is 10.7. The Kier molecular flexibility index (Phi) is 4.45. The number of aliphatic hydroxyl groups is 1. The second kappa shape index (κ2) is 6.50. The lowest BCUT2D eigenvalue weighted by Gasteiger charge is -2.19. The minimum Gasteiger partial charge on any atom is -0.494 e. The molecule has 1 aromatic rings. The van der Waals surface area contributed by atoms with Gasteiger partial charge in [-0.1, -0.05) is 30.3 Å². The van der Waals surface area contributed by atoms with Crippen molar-refractivity contribution in [3.05, 3.63) is 47.7 Å². The highest BCUT2D eigenvalue weighted by atomic mass is 16.5. The number of carboxylic acid groups (broad SMARTS) is 1. The van der Waals surface area contributed by atoms with Crippen molar-refractivity contribution >= 4 is 5.97 Å². The molecular formula is C17H20O5. The van der Waals surface area contributed by atoms with Crippen LogP contribution in [0.4, 0.5) is 0 Å². The van der Waals surface area contributed by atoms with E-state index >= 15 is 0 Å². The molecule has 1 aliphatic carbocycles. The number of rotatable bonds is 5. The number of ether oxygens (including phenoxy) is 2. The summed E-state index contributed by atoms with van der Waals surface area (Å²) >= 11 is 0. The van der Waals surface area contributed by atoms with Crippen molar-refractivity contribution in [3.8, 4) is 0 Å². The zero-order chi connectivity index (χ0) is 15.5. The van der Waals surface area contributed by atoms with Gasteiger partial charge in [0.2, 0.25) is 0 Å². The van der Waals surface area contributed by atoms with Gasteiger partial charge in [0.25, 0.3) is 0 Å². The van der Waals surface area contributed by atoms with Gasteiger partial charge in [-0.15, -0.1) is 0 Å². The van der Waals surface area contributed by atoms with E-state index in [0.29, 0.717) is 31.8 Å². The van der Waals surface area contributed by atoms with Crippen LogP contribution in [0, 0.1) is 11.8 Å². The van der Waals surface area contributed by atoms with Gasteiger partial charge in [0.15, 0.2) is 0 Å². The topological polar surface area (TPSA) is 76.0 Å². The monoisotopic (exact) mass is 304 g/mol. The first-order chi connectivity index (χ1) is 10.6. The van der Waals surface area contributed by atoms with E-state index in [2.05, 4.69) is 0 Å². The molecule has 2 fully saturated rings. The van der Waals surface area contributed by atoms with Gasteiger partial charge < -0.3 is 19.7 Å². The maximum absolute atomic E-state index is 10.7. The number of hydrogen-bond donors (Lipinski definition) is 2. The Morgan fingerprint density at radius 2 is 2.14 bits per heavy atom. The summed E-state index contributed by atoms with van der Waals surface area (Å²) in [5.74, 6) is -0.361. The Morgan fingerprint density at radius 3 is 2.86 bits per heavy atom. The van der Waals surface area contributed by atoms with Crippen molar-refractivity contribution in [1.82, 2.24) is 0 Å². The van der Waals surface area contributed by atoms with Crippen molar-refractivity contribution in [3.63, 3.8) is 0 Å². The lowest BCUT2D eigenvalue weighted by Crippen LogP contribution is -2.24. The van der Waals surface area contributed by atoms with Crippen LogP contribution < -0.4 is 0 Å². The largest absolute Gasteiger partial charge is 0.494 e. The van der Waals surface area contributed by atoms with E-state index < -0.39 is 12.1 Å². The minimum atomic E-state index is -0.993. The maximum Gasteiger partial charge on any atom is 0.331 e. The molecule has 0 amide bonds. The Morgan fingerprint density at radius 1 is 1.36 bits per heavy atom. The molecule has 0 bridgehead atoms. The molecule has 22 heavy (non-hydrogen) atoms. The zero-order valence-electron chi connectivity index (χ0n) is 12.2. The van der Waals surface area contributed by atoms with Crippen LogP contribution >= 0.6 is 0 Å². The predicted octanol–water partition coefficient (Wildman–Crippen LogP) is 1.96. The normalized spacial score (nSPS) is 32.0. The van der Waals surface area contributed by atoms with Gasteiger partial charge in [-0.25, -0.2) is 4.79 Å². The Labute approximate surface area is 129 Å². The molecule has 0 spiro atoms. The number of fused-ring (bicyclic) bond motifs is 1. The van der Waals surface area contributed by atoms with Gasteiger partial charge in [0.05, 0.1) is 25.4 Å². The smallest absolute Gasteiger partial charge is 0.331 e. The van der Waals surface area contributed by atoms with Gasteiger partial charge in [-0.2, -0.15) is 0 Å². The van der Waals surface area contributed by atoms with Gasteiger partial charge in [0.1, 0.15) is 11.9 Å². The van der Waals surface area contributed by atoms with Crippen LogP contribution in [0.25, 0.3) is 0 Å². The van der Waals surface area contributed by atoms with Crippen LogP contribution in [0.3, 0.4) is 0 Å². The summed E-state index contributed by atoms with van der Waals surface area (Å²) in [5.41, 5.74) is 1.10. The number of benzene rings is 1. The number of hydrogen-bond acceptors (Lipinski definition) is 4. The first-order valence-electron chi connectivity index (χ1n) is 7.53. The van der Waals surface area contributed by atoms with Crippen LogP contribution in [-0.4, -0.2) is 35.0 Å². The summed E-state index contributed by atoms with van der Waals surface area (Å²) in [5, 5.41) is 19.0. The van der Waals surface area contributed by atoms with Gasteiger partial charge >= 0.3 is 5.97 Å². The third-order valence-electron chi connectivity index (χ3n) is 4.44. The number of allylic oxidation sites excluding steroid dienone is 1. The Bertz CT molecular complexity index is 553. The van der Waals surface area contributed by atoms with Crippen molar-refractivity contribution in [1.29, 1.82) is 0 Å². The molecule has 2 aliphatic rings. The van der Waals surface area contributed by atoms with E-state index in [1.807, 2.05) is 30.3 Å². The SMILES string of the molecule is O=C(O)C=C1C[C@@H]2[C@@H](COCc3ccccc3)[C@H](O)C[C@@H]2O1. The highest BCUT2D eigenvalue weighted by molar-refractivity contribution is 5.80. The quantitative estimate of drug-likeness (QED) is 0.813. The third-order valence-corrected chi connectivity index (χ3v) is 4.44. The lowest BCUT2D eigenvalue weighted by atomic mass is 9.92. The van der Waals surface area contributed by atoms with E-state index in [4.69, 9.17) is 14.6 Å². The minimum absolute atomic E-state index is 0.00610. The molecular weight excluding hydrogens is 284 g/mol. The van der Waals surface area contributed by atoms with Crippen molar-refractivity contribution in [2.45, 2.75) is 31.7 Å². The molecule has 3 rings (SSSR count). The highest BCUT2D eigenvalue weighted by Gasteiger charge is 2.48. The van der Waals surface area contributed by atoms with Gasteiger partial charge in [-0.3, -0.25) is 0 Å². The molecule has 0 unspecified atom stereocenters. The van der Waals surface area contributed by atoms with Crippen LogP contribution in [0.5, 0.6) is 0 Å². The van der Waals surface area contributed by atoms with Crippen LogP contribution in [0.1, 0.15) is 18.4 Å². The van der Waals surface area contributed by atoms with Crippen LogP contribution in [-0.2, 0) is 20.9 Å². The standard InChI is InChI=1S/C17H20O5/c18-15-8-16-13(6-12(22-16)7-17(19)20)14(15)10-21-9-11-4-2-1-3-5-11/h1-5,7,13-16,18H,6,8-10H2,(H,19,20)/t13-,14-,15-,16+/m1/s1. The second-order valence-electron chi connectivity index (χ2n) is 5.94. The Balaban J connectivity index is 1.56. The summed E-state index contributed by atoms with van der Waals surface area (Å²) < 4.78 is 11.4. The molecule has 4 atom stereocenters. The van der Waals surface area contributed by atoms with E-state index in [1.54, 1.807) is 0 Å². The van der Waals surface area contributed by atoms with E-state index in [-0.39, 0.29) is 17.9 Å². The first kappa shape index (κ1) is 15.1. The summed E-state index contributed by atoms with van der Waals surface area (Å²) in [7, 11) is 0. The van der Waals surface area contributed by atoms with Crippen molar-refractivity contribution < 1.29 is 24.5 Å². The number of aliphatic carboxylic acids is 1. The average Bonchev–Trinajstić information content (AvgIpc) is 2.97. The molecule has 1 aromatic carbocycles. The van der Waals surface area contributed by atoms with E-state index in [0.717, 1.165) is 11.6 Å². The molecule has 1 aliphatic heterocycles. The highest BCUT2D eigenvalue weighted by Crippen LogP contribution is 2.44. The number of carbonyl (C=O) groups is 1. The second-order valence-corrected chi connectivity index (χ2v) is 5.94. The fraction of sp³-hybridized carbons (Fsp3) is 0.471. The summed E-state index contributed by atoms with van der Waals surface area (Å²) in [6.07, 6.45) is 1.68. The van der Waals surface area contributed by atoms with Crippen LogP contribution in [0.2, 0.25) is 0 Å². The molecule has 1 saturated carbocycles. The lowest BCUT2D eigenvalue weighted by molar-refractivity contribution is -0.131. The molecule has 0 aromatic heterocycles. The van der Waals surface area contributed by atoms with Gasteiger partial charge in [-0.05, 0) is 5.56 Å². The van der Waals surface area contributed by atoms with Gasteiger partial charge in [0, 0.05) is 24.7 Å². The number of aliphatic hydroxyl groups excluding tert-OH is 1. The van der Waals surface area contributed by atoms with E-state index in [1.165, 1.54) is 0 Å². The van der Waals surface area contributed by atoms with Crippen molar-refractivity contribution in [2.75, 3.05) is 6.61 Å². The molecule has 5 heteroatoms. The molecule has 118 valence electrons. The molecule has 0 radical (unpaired) electrons. The zero-order valence-corrected chi connectivity index (χ0v) is 12.2. The summed E-state index contributed by atoms with van der Waals surface area (Å²) in [6, 6.07) is 9.89. The Hall–Kier alpha value is -1.85. The van der Waals surface area contributed by atoms with Crippen LogP contribution in [0.15, 0.2) is 42.2 Å². The molecule has 2 N–H and O–H groups in total. The third kappa shape index (κ3) is 3.31. The maximum atomic E-state index is 10.7. The molecule has 5 nitrogen and oxygen atoms in total. The van der Waals surface area contributed by atoms with E-state index in [9.17, 15) is 9.90 Å². The van der Waals surface area contributed by atoms with Crippen molar-refractivity contribution in [2.24, 2.45) is 11.8 Å². The predicted molar refractivity (Wildman–Crippen MR) is 78.9 cm³/mol. The first-order valence-corrected chi connectivity index (χ1v) is 7.53. The molecule has 1 heterocycles. The average molecular weight is 304 g/mol. The number of carboxylic acids is 1. The molecule has 1 saturated heterocycles. The fourth-order valence-electron chi connectivity index (χ4n) is 3.39. The fourth-order valence-corrected chi connectivity index (χ4v) is 3.39. The summed E-state index contributed by atoms with van der Waals surface area (Å²) in [6.45, 7) is 0.973.